The molecular formula is C10H13ClFNO2S. The highest BCUT2D eigenvalue weighted by molar-refractivity contribution is 7.91. The minimum atomic E-state index is -3.04. The lowest BCUT2D eigenvalue weighted by molar-refractivity contribution is 0.597. The molecule has 0 saturated carbocycles. The molecule has 0 aliphatic heterocycles. The number of hydrogen-bond donors (Lipinski definition) is 1. The summed E-state index contributed by atoms with van der Waals surface area (Å²) in [6.07, 6.45) is 0. The Kier molecular flexibility index (Phi) is 4.56. The van der Waals surface area contributed by atoms with Crippen molar-refractivity contribution in [3.05, 3.63) is 29.0 Å². The Bertz CT molecular complexity index is 442. The van der Waals surface area contributed by atoms with Crippen molar-refractivity contribution in [1.29, 1.82) is 0 Å². The van der Waals surface area contributed by atoms with E-state index in [0.717, 1.165) is 0 Å². The van der Waals surface area contributed by atoms with E-state index in [1.807, 2.05) is 0 Å². The molecule has 0 aliphatic rings. The molecule has 6 heteroatoms. The third kappa shape index (κ3) is 3.64. The number of benzene rings is 1. The first kappa shape index (κ1) is 13.3. The van der Waals surface area contributed by atoms with Crippen molar-refractivity contribution in [3.63, 3.8) is 0 Å². The van der Waals surface area contributed by atoms with E-state index in [9.17, 15) is 12.8 Å². The van der Waals surface area contributed by atoms with E-state index in [0.29, 0.717) is 0 Å². The molecule has 0 aliphatic carbocycles. The Morgan fingerprint density at radius 2 is 2.12 bits per heavy atom. The summed E-state index contributed by atoms with van der Waals surface area (Å²) in [6, 6.07) is 4.30. The standard InChI is InChI=1S/C10H13ClFNO2S/c1-2-16(14,15)7-6-13-10-8(11)4-3-5-9(10)12/h3-5,13H,2,6-7H2,1H3. The van der Waals surface area contributed by atoms with Gasteiger partial charge >= 0.3 is 0 Å². The molecule has 0 amide bonds. The molecule has 0 unspecified atom stereocenters. The van der Waals surface area contributed by atoms with E-state index in [4.69, 9.17) is 11.6 Å². The lowest BCUT2D eigenvalue weighted by Gasteiger charge is -2.08. The number of para-hydroxylation sites is 1. The third-order valence-corrected chi connectivity index (χ3v) is 4.14. The molecule has 90 valence electrons. The number of sulfone groups is 1. The van der Waals surface area contributed by atoms with Gasteiger partial charge in [0.15, 0.2) is 9.84 Å². The fraction of sp³-hybridized carbons (Fsp3) is 0.400. The Labute approximate surface area is 99.5 Å². The van der Waals surface area contributed by atoms with Gasteiger partial charge in [-0.15, -0.1) is 0 Å². The normalized spacial score (nSPS) is 11.4. The zero-order valence-electron chi connectivity index (χ0n) is 8.83. The van der Waals surface area contributed by atoms with Gasteiger partial charge < -0.3 is 5.32 Å². The van der Waals surface area contributed by atoms with Gasteiger partial charge in [-0.3, -0.25) is 0 Å². The van der Waals surface area contributed by atoms with Crippen molar-refractivity contribution in [2.24, 2.45) is 0 Å². The van der Waals surface area contributed by atoms with Gasteiger partial charge in [0.25, 0.3) is 0 Å². The second-order valence-corrected chi connectivity index (χ2v) is 6.14. The van der Waals surface area contributed by atoms with E-state index in [2.05, 4.69) is 5.32 Å². The van der Waals surface area contributed by atoms with Crippen LogP contribution in [-0.4, -0.2) is 26.5 Å². The van der Waals surface area contributed by atoms with E-state index in [-0.39, 0.29) is 28.8 Å². The molecule has 0 saturated heterocycles. The van der Waals surface area contributed by atoms with Crippen LogP contribution in [0.4, 0.5) is 10.1 Å². The van der Waals surface area contributed by atoms with Crippen molar-refractivity contribution in [3.8, 4) is 0 Å². The first-order valence-electron chi connectivity index (χ1n) is 4.84. The highest BCUT2D eigenvalue weighted by atomic mass is 35.5. The van der Waals surface area contributed by atoms with Gasteiger partial charge in [0.1, 0.15) is 5.82 Å². The highest BCUT2D eigenvalue weighted by Crippen LogP contribution is 2.24. The minimum absolute atomic E-state index is 0.0336. The zero-order valence-corrected chi connectivity index (χ0v) is 10.4. The molecule has 16 heavy (non-hydrogen) atoms. The van der Waals surface area contributed by atoms with E-state index >= 15 is 0 Å². The van der Waals surface area contributed by atoms with Gasteiger partial charge in [-0.25, -0.2) is 12.8 Å². The van der Waals surface area contributed by atoms with Gasteiger partial charge in [0.05, 0.1) is 16.5 Å². The second kappa shape index (κ2) is 5.50. The summed E-state index contributed by atoms with van der Waals surface area (Å²) in [5.74, 6) is -0.435. The third-order valence-electron chi connectivity index (χ3n) is 2.12. The fourth-order valence-electron chi connectivity index (χ4n) is 1.14. The smallest absolute Gasteiger partial charge is 0.151 e. The van der Waals surface area contributed by atoms with E-state index in [1.165, 1.54) is 12.1 Å². The number of halogens is 2. The van der Waals surface area contributed by atoms with Crippen LogP contribution in [0.15, 0.2) is 18.2 Å². The molecular weight excluding hydrogens is 253 g/mol. The summed E-state index contributed by atoms with van der Waals surface area (Å²) in [7, 11) is -3.04. The SMILES string of the molecule is CCS(=O)(=O)CCNc1c(F)cccc1Cl. The first-order chi connectivity index (χ1) is 7.46. The highest BCUT2D eigenvalue weighted by Gasteiger charge is 2.09. The average molecular weight is 266 g/mol. The van der Waals surface area contributed by atoms with Crippen molar-refractivity contribution in [1.82, 2.24) is 0 Å². The predicted octanol–water partition coefficient (Wildman–Crippen LogP) is 2.33. The lowest BCUT2D eigenvalue weighted by Crippen LogP contribution is -2.17. The monoisotopic (exact) mass is 265 g/mol. The van der Waals surface area contributed by atoms with Crippen LogP contribution in [0.3, 0.4) is 0 Å². The van der Waals surface area contributed by atoms with Gasteiger partial charge in [-0.1, -0.05) is 24.6 Å². The molecule has 0 fully saturated rings. The quantitative estimate of drug-likeness (QED) is 0.889. The van der Waals surface area contributed by atoms with Crippen LogP contribution in [0.2, 0.25) is 5.02 Å². The van der Waals surface area contributed by atoms with Crippen molar-refractivity contribution in [2.75, 3.05) is 23.4 Å². The number of anilines is 1. The number of hydrogen-bond acceptors (Lipinski definition) is 3. The maximum atomic E-state index is 13.3. The Balaban J connectivity index is 2.62. The van der Waals surface area contributed by atoms with Crippen LogP contribution in [0.25, 0.3) is 0 Å². The molecule has 0 atom stereocenters. The zero-order chi connectivity index (χ0) is 12.2. The fourth-order valence-corrected chi connectivity index (χ4v) is 2.07. The molecule has 1 rings (SSSR count). The molecule has 0 aromatic heterocycles. The molecule has 0 heterocycles. The van der Waals surface area contributed by atoms with Crippen LogP contribution in [0.1, 0.15) is 6.92 Å². The molecule has 1 N–H and O–H groups in total. The molecule has 0 bridgehead atoms. The maximum absolute atomic E-state index is 13.3. The minimum Gasteiger partial charge on any atom is -0.380 e. The number of nitrogens with one attached hydrogen (secondary N) is 1. The topological polar surface area (TPSA) is 46.2 Å². The van der Waals surface area contributed by atoms with Gasteiger partial charge in [-0.2, -0.15) is 0 Å². The predicted molar refractivity (Wildman–Crippen MR) is 64.2 cm³/mol. The van der Waals surface area contributed by atoms with Crippen molar-refractivity contribution < 1.29 is 12.8 Å². The van der Waals surface area contributed by atoms with Gasteiger partial charge in [0, 0.05) is 12.3 Å². The summed E-state index contributed by atoms with van der Waals surface area (Å²) in [6.45, 7) is 1.72. The van der Waals surface area contributed by atoms with E-state index < -0.39 is 15.7 Å². The van der Waals surface area contributed by atoms with Crippen molar-refractivity contribution >= 4 is 27.1 Å². The van der Waals surface area contributed by atoms with Gasteiger partial charge in [-0.05, 0) is 12.1 Å². The summed E-state index contributed by atoms with van der Waals surface area (Å²) in [5.41, 5.74) is 0.149. The molecule has 3 nitrogen and oxygen atoms in total. The summed E-state index contributed by atoms with van der Waals surface area (Å²) >= 11 is 5.76. The molecule has 1 aromatic carbocycles. The van der Waals surface area contributed by atoms with Crippen LogP contribution in [-0.2, 0) is 9.84 Å². The van der Waals surface area contributed by atoms with Crippen LogP contribution in [0, 0.1) is 5.82 Å². The number of rotatable bonds is 5. The summed E-state index contributed by atoms with van der Waals surface area (Å²) < 4.78 is 35.6. The van der Waals surface area contributed by atoms with Crippen LogP contribution in [0.5, 0.6) is 0 Å². The van der Waals surface area contributed by atoms with Crippen LogP contribution < -0.4 is 5.32 Å². The van der Waals surface area contributed by atoms with Crippen molar-refractivity contribution in [2.45, 2.75) is 6.92 Å². The Hall–Kier alpha value is -0.810. The largest absolute Gasteiger partial charge is 0.380 e. The average Bonchev–Trinajstić information content (AvgIpc) is 2.22. The Morgan fingerprint density at radius 3 is 2.69 bits per heavy atom. The first-order valence-corrected chi connectivity index (χ1v) is 7.04. The Morgan fingerprint density at radius 1 is 1.44 bits per heavy atom. The van der Waals surface area contributed by atoms with E-state index in [1.54, 1.807) is 13.0 Å². The lowest BCUT2D eigenvalue weighted by atomic mass is 10.3. The molecule has 0 radical (unpaired) electrons. The summed E-state index contributed by atoms with van der Waals surface area (Å²) in [5, 5.41) is 2.93. The second-order valence-electron chi connectivity index (χ2n) is 3.26. The van der Waals surface area contributed by atoms with Gasteiger partial charge in [0.2, 0.25) is 0 Å². The molecule has 1 aromatic rings. The van der Waals surface area contributed by atoms with Crippen LogP contribution >= 0.6 is 11.6 Å². The molecule has 0 spiro atoms. The maximum Gasteiger partial charge on any atom is 0.151 e. The summed E-state index contributed by atoms with van der Waals surface area (Å²) in [4.78, 5) is 0.